The van der Waals surface area contributed by atoms with Gasteiger partial charge in [-0.2, -0.15) is 0 Å². The maximum Gasteiger partial charge on any atom is 0.253 e. The van der Waals surface area contributed by atoms with Crippen molar-refractivity contribution in [1.29, 1.82) is 0 Å². The molecule has 0 saturated heterocycles. The average molecular weight is 941 g/mol. The van der Waals surface area contributed by atoms with E-state index in [1.54, 1.807) is 0 Å². The maximum atomic E-state index is 7.01. The van der Waals surface area contributed by atoms with Crippen LogP contribution in [0.5, 0.6) is 11.5 Å². The Hall–Kier alpha value is -6.79. The summed E-state index contributed by atoms with van der Waals surface area (Å²) in [6.45, 7) is 14.3. The van der Waals surface area contributed by atoms with Gasteiger partial charge in [0.15, 0.2) is 0 Å². The summed E-state index contributed by atoms with van der Waals surface area (Å²) in [6.07, 6.45) is 0. The van der Waals surface area contributed by atoms with E-state index in [0.29, 0.717) is 17.8 Å². The minimum absolute atomic E-state index is 0.00429. The van der Waals surface area contributed by atoms with Crippen LogP contribution >= 0.6 is 23.5 Å². The number of rotatable bonds is 10. The number of fused-ring (bicyclic) bond motifs is 6. The minimum Gasteiger partial charge on any atom is -0.458 e. The number of benzene rings is 9. The molecule has 9 aromatic carbocycles. The van der Waals surface area contributed by atoms with Gasteiger partial charge in [0.05, 0.1) is 5.69 Å². The van der Waals surface area contributed by atoms with Crippen LogP contribution in [0.15, 0.2) is 220 Å². The van der Waals surface area contributed by atoms with E-state index in [4.69, 9.17) is 4.74 Å². The van der Waals surface area contributed by atoms with Gasteiger partial charge in [-0.15, -0.1) is 0 Å². The molecule has 3 heterocycles. The summed E-state index contributed by atoms with van der Waals surface area (Å²) in [6, 6.07) is 73.8. The zero-order valence-electron chi connectivity index (χ0n) is 40.6. The van der Waals surface area contributed by atoms with Gasteiger partial charge >= 0.3 is 0 Å². The van der Waals surface area contributed by atoms with Crippen LogP contribution in [0.3, 0.4) is 0 Å². The Bertz CT molecular complexity index is 3310. The lowest BCUT2D eigenvalue weighted by molar-refractivity contribution is 0.486. The molecule has 0 fully saturated rings. The quantitative estimate of drug-likeness (QED) is 0.127. The van der Waals surface area contributed by atoms with E-state index in [1.165, 1.54) is 69.0 Å². The van der Waals surface area contributed by atoms with Crippen LogP contribution in [0.1, 0.15) is 76.0 Å². The predicted octanol–water partition coefficient (Wildman–Crippen LogP) is 14.1. The predicted molar refractivity (Wildman–Crippen MR) is 301 cm³/mol. The normalized spacial score (nSPS) is 13.0. The number of para-hydroxylation sites is 5. The molecule has 0 aromatic heterocycles. The molecule has 3 aliphatic rings. The number of hydrogen-bond donors (Lipinski definition) is 0. The Balaban J connectivity index is 1.09. The number of nitrogens with zero attached hydrogens (tertiary/aromatic N) is 2. The van der Waals surface area contributed by atoms with Gasteiger partial charge in [-0.1, -0.05) is 202 Å². The van der Waals surface area contributed by atoms with Crippen LogP contribution in [-0.2, 0) is 0 Å². The van der Waals surface area contributed by atoms with Crippen molar-refractivity contribution in [2.75, 3.05) is 9.80 Å². The Morgan fingerprint density at radius 3 is 1.33 bits per heavy atom. The van der Waals surface area contributed by atoms with Crippen LogP contribution < -0.4 is 47.3 Å². The van der Waals surface area contributed by atoms with Gasteiger partial charge in [0.25, 0.3) is 6.71 Å². The topological polar surface area (TPSA) is 15.7 Å². The lowest BCUT2D eigenvalue weighted by Crippen LogP contribution is -2.62. The van der Waals surface area contributed by atoms with Crippen LogP contribution in [0.4, 0.5) is 34.1 Å². The van der Waals surface area contributed by atoms with Gasteiger partial charge in [0, 0.05) is 54.1 Å². The van der Waals surface area contributed by atoms with E-state index in [-0.39, 0.29) is 13.4 Å². The van der Waals surface area contributed by atoms with E-state index in [1.807, 2.05) is 23.5 Å². The minimum atomic E-state index is 0.00429. The molecule has 0 saturated carbocycles. The highest BCUT2D eigenvalue weighted by Gasteiger charge is 2.43. The van der Waals surface area contributed by atoms with Gasteiger partial charge in [-0.3, -0.25) is 0 Å². The molecule has 0 aliphatic carbocycles. The highest BCUT2D eigenvalue weighted by molar-refractivity contribution is 8.01. The molecule has 0 bridgehead atoms. The first-order valence-electron chi connectivity index (χ1n) is 24.8. The van der Waals surface area contributed by atoms with Crippen LogP contribution in [0, 0.1) is 0 Å². The zero-order valence-corrected chi connectivity index (χ0v) is 42.2. The summed E-state index contributed by atoms with van der Waals surface area (Å²) in [7, 11) is 0. The first-order chi connectivity index (χ1) is 34.2. The molecular formula is C63H54B2N2OS2. The molecule has 70 heavy (non-hydrogen) atoms. The molecule has 0 unspecified atom stereocenters. The van der Waals surface area contributed by atoms with Crippen molar-refractivity contribution < 1.29 is 4.74 Å². The van der Waals surface area contributed by atoms with E-state index >= 15 is 0 Å². The Kier molecular flexibility index (Phi) is 11.5. The number of anilines is 6. The third kappa shape index (κ3) is 7.75. The van der Waals surface area contributed by atoms with Crippen molar-refractivity contribution in [2.45, 2.75) is 78.9 Å². The molecule has 0 N–H and O–H groups in total. The van der Waals surface area contributed by atoms with Crippen molar-refractivity contribution in [3.8, 4) is 11.5 Å². The Morgan fingerprint density at radius 2 is 0.800 bits per heavy atom. The lowest BCUT2D eigenvalue weighted by Gasteiger charge is -2.37. The Morgan fingerprint density at radius 1 is 0.343 bits per heavy atom. The molecule has 7 heteroatoms. The fourth-order valence-corrected chi connectivity index (χ4v) is 13.5. The molecule has 3 nitrogen and oxygen atoms in total. The van der Waals surface area contributed by atoms with Gasteiger partial charge in [-0.25, -0.2) is 0 Å². The van der Waals surface area contributed by atoms with Crippen molar-refractivity contribution in [3.63, 3.8) is 0 Å². The largest absolute Gasteiger partial charge is 0.458 e. The van der Waals surface area contributed by atoms with Crippen LogP contribution in [-0.4, -0.2) is 13.4 Å². The fourth-order valence-electron chi connectivity index (χ4n) is 11.1. The van der Waals surface area contributed by atoms with Gasteiger partial charge in [0.1, 0.15) is 11.5 Å². The Labute approximate surface area is 423 Å². The second-order valence-corrected chi connectivity index (χ2v) is 22.0. The number of hydrogen-bond acceptors (Lipinski definition) is 5. The molecule has 9 aromatic rings. The molecule has 0 amide bonds. The molecular weight excluding hydrogens is 886 g/mol. The molecule has 0 atom stereocenters. The molecule has 3 aliphatic heterocycles. The summed E-state index contributed by atoms with van der Waals surface area (Å²) < 4.78 is 7.01. The van der Waals surface area contributed by atoms with Crippen LogP contribution in [0.25, 0.3) is 0 Å². The molecule has 0 spiro atoms. The van der Waals surface area contributed by atoms with Gasteiger partial charge < -0.3 is 14.5 Å². The highest BCUT2D eigenvalue weighted by Crippen LogP contribution is 2.45. The molecule has 340 valence electrons. The fraction of sp³-hybridized carbons (Fsp3) is 0.143. The summed E-state index contributed by atoms with van der Waals surface area (Å²) in [5, 5.41) is 0. The summed E-state index contributed by atoms with van der Waals surface area (Å²) in [5.74, 6) is 2.94. The third-order valence-electron chi connectivity index (χ3n) is 14.4. The third-order valence-corrected chi connectivity index (χ3v) is 16.7. The summed E-state index contributed by atoms with van der Waals surface area (Å²) in [4.78, 5) is 9.89. The van der Waals surface area contributed by atoms with Crippen LogP contribution in [0.2, 0.25) is 0 Å². The summed E-state index contributed by atoms with van der Waals surface area (Å²) in [5.41, 5.74) is 19.1. The van der Waals surface area contributed by atoms with E-state index < -0.39 is 0 Å². The van der Waals surface area contributed by atoms with Gasteiger partial charge in [-0.05, 0) is 124 Å². The van der Waals surface area contributed by atoms with Crippen molar-refractivity contribution in [2.24, 2.45) is 0 Å². The lowest BCUT2D eigenvalue weighted by atomic mass is 9.32. The van der Waals surface area contributed by atoms with E-state index in [9.17, 15) is 0 Å². The average Bonchev–Trinajstić information content (AvgIpc) is 3.38. The smallest absolute Gasteiger partial charge is 0.253 e. The molecule has 12 rings (SSSR count). The van der Waals surface area contributed by atoms with Crippen molar-refractivity contribution >= 4 is 104 Å². The van der Waals surface area contributed by atoms with Gasteiger partial charge in [0.2, 0.25) is 6.71 Å². The first kappa shape index (κ1) is 44.4. The van der Waals surface area contributed by atoms with E-state index in [2.05, 4.69) is 252 Å². The number of ether oxygens (including phenoxy) is 1. The van der Waals surface area contributed by atoms with Crippen molar-refractivity contribution in [3.05, 3.63) is 217 Å². The molecule has 0 radical (unpaired) electrons. The zero-order chi connectivity index (χ0) is 47.6. The second kappa shape index (κ2) is 18.2. The van der Waals surface area contributed by atoms with Crippen molar-refractivity contribution in [1.82, 2.24) is 0 Å². The SMILES string of the molecule is CC(C)c1cc(C(C)C)c(B2c3ccc(N(c4ccccc4)c4ccccc4)cc3Sc3cc4c(cc32)B2c3ccccc3Oc3cc(N(c5ccccc5)c5ccccc5)cc(c32)S4)c(C(C)C)c1. The van der Waals surface area contributed by atoms with E-state index in [0.717, 1.165) is 45.6 Å². The monoisotopic (exact) mass is 940 g/mol. The summed E-state index contributed by atoms with van der Waals surface area (Å²) >= 11 is 3.83. The second-order valence-electron chi connectivity index (χ2n) is 19.8. The standard InChI is InChI=1S/C63H54B2N2OS2/c1-40(2)43-33-50(41(3)4)62(51(34-43)42(5)6)65-53-32-31-48(66(44-21-11-7-12-22-44)45-23-13-8-14-24-45)36-58(53)69-59-39-60-54(38-55(59)65)64-52-29-19-20-30-56(52)68-57-35-49(37-61(70-60)63(57)64)67(46-25-15-9-16-26-46)47-27-17-10-18-28-47/h7-42H,1-6H3. The highest BCUT2D eigenvalue weighted by atomic mass is 32.2. The maximum absolute atomic E-state index is 7.01. The first-order valence-corrected chi connectivity index (χ1v) is 26.4.